The van der Waals surface area contributed by atoms with E-state index in [1.165, 1.54) is 0 Å². The lowest BCUT2D eigenvalue weighted by Gasteiger charge is -2.17. The first-order valence-corrected chi connectivity index (χ1v) is 9.02. The van der Waals surface area contributed by atoms with Crippen molar-refractivity contribution in [2.45, 2.75) is 32.2 Å². The Morgan fingerprint density at radius 1 is 1.15 bits per heavy atom. The Kier molecular flexibility index (Phi) is 5.89. The van der Waals surface area contributed by atoms with Crippen molar-refractivity contribution in [2.24, 2.45) is 0 Å². The Hall–Kier alpha value is -2.82. The van der Waals surface area contributed by atoms with Gasteiger partial charge in [-0.05, 0) is 43.2 Å². The van der Waals surface area contributed by atoms with Crippen LogP contribution in [0.2, 0.25) is 0 Å². The van der Waals surface area contributed by atoms with Gasteiger partial charge in [0.25, 0.3) is 0 Å². The average Bonchev–Trinajstić information content (AvgIpc) is 3.02. The highest BCUT2D eigenvalue weighted by Crippen LogP contribution is 2.24. The molecule has 2 aromatic rings. The second kappa shape index (κ2) is 8.52. The predicted molar refractivity (Wildman–Crippen MR) is 101 cm³/mol. The molecule has 1 atom stereocenters. The Bertz CT molecular complexity index is 744. The molecule has 0 spiro atoms. The third kappa shape index (κ3) is 4.63. The van der Waals surface area contributed by atoms with Crippen LogP contribution in [0.3, 0.4) is 0 Å². The molecule has 0 aromatic heterocycles. The molecule has 5 nitrogen and oxygen atoms in total. The molecule has 1 heterocycles. The smallest absolute Gasteiger partial charge is 0.229 e. The van der Waals surface area contributed by atoms with Gasteiger partial charge in [0.15, 0.2) is 0 Å². The minimum absolute atomic E-state index is 0.0137. The summed E-state index contributed by atoms with van der Waals surface area (Å²) in [5.74, 6) is 0.802. The van der Waals surface area contributed by atoms with Gasteiger partial charge in [0.1, 0.15) is 5.75 Å². The first kappa shape index (κ1) is 18.0. The molecule has 1 N–H and O–H groups in total. The van der Waals surface area contributed by atoms with Crippen molar-refractivity contribution in [3.05, 3.63) is 60.2 Å². The van der Waals surface area contributed by atoms with Crippen LogP contribution in [0.4, 0.5) is 5.69 Å². The topological polar surface area (TPSA) is 58.6 Å². The van der Waals surface area contributed by atoms with E-state index in [0.29, 0.717) is 32.4 Å². The van der Waals surface area contributed by atoms with Crippen LogP contribution in [-0.4, -0.2) is 31.0 Å². The minimum Gasteiger partial charge on any atom is -0.494 e. The summed E-state index contributed by atoms with van der Waals surface area (Å²) in [5.41, 5.74) is 1.97. The van der Waals surface area contributed by atoms with E-state index < -0.39 is 0 Å². The summed E-state index contributed by atoms with van der Waals surface area (Å²) in [6.45, 7) is 3.05. The first-order valence-electron chi connectivity index (χ1n) is 9.02. The zero-order valence-corrected chi connectivity index (χ0v) is 15.0. The fourth-order valence-electron chi connectivity index (χ4n) is 3.15. The highest BCUT2D eigenvalue weighted by atomic mass is 16.5. The van der Waals surface area contributed by atoms with Crippen LogP contribution in [-0.2, 0) is 16.0 Å². The van der Waals surface area contributed by atoms with Gasteiger partial charge in [0, 0.05) is 25.1 Å². The molecule has 2 amide bonds. The molecule has 1 aliphatic rings. The molecule has 136 valence electrons. The number of carbonyl (C=O) groups excluding carboxylic acids is 2. The molecule has 26 heavy (non-hydrogen) atoms. The quantitative estimate of drug-likeness (QED) is 0.833. The summed E-state index contributed by atoms with van der Waals surface area (Å²) in [5, 5.41) is 2.98. The third-order valence-electron chi connectivity index (χ3n) is 4.43. The number of ether oxygens (including phenoxy) is 1. The zero-order chi connectivity index (χ0) is 18.4. The van der Waals surface area contributed by atoms with E-state index in [1.807, 2.05) is 61.5 Å². The summed E-state index contributed by atoms with van der Waals surface area (Å²) in [6, 6.07) is 17.3. The van der Waals surface area contributed by atoms with Crippen molar-refractivity contribution in [3.63, 3.8) is 0 Å². The Morgan fingerprint density at radius 2 is 1.88 bits per heavy atom. The summed E-state index contributed by atoms with van der Waals surface area (Å²) >= 11 is 0. The van der Waals surface area contributed by atoms with Gasteiger partial charge < -0.3 is 15.0 Å². The molecule has 1 saturated heterocycles. The van der Waals surface area contributed by atoms with Crippen LogP contribution in [0.15, 0.2) is 54.6 Å². The van der Waals surface area contributed by atoms with Gasteiger partial charge in [0.05, 0.1) is 12.6 Å². The maximum absolute atomic E-state index is 12.3. The Morgan fingerprint density at radius 3 is 2.58 bits per heavy atom. The second-order valence-electron chi connectivity index (χ2n) is 6.39. The number of carbonyl (C=O) groups is 2. The second-order valence-corrected chi connectivity index (χ2v) is 6.39. The van der Waals surface area contributed by atoms with Crippen molar-refractivity contribution < 1.29 is 14.3 Å². The number of nitrogens with zero attached hydrogens (tertiary/aromatic N) is 1. The van der Waals surface area contributed by atoms with Crippen LogP contribution in [0.5, 0.6) is 5.75 Å². The minimum atomic E-state index is -0.141. The fraction of sp³-hybridized carbons (Fsp3) is 0.333. The van der Waals surface area contributed by atoms with E-state index in [1.54, 1.807) is 4.90 Å². The van der Waals surface area contributed by atoms with E-state index in [9.17, 15) is 9.59 Å². The van der Waals surface area contributed by atoms with Crippen molar-refractivity contribution in [1.82, 2.24) is 5.32 Å². The molecular formula is C21H24N2O3. The lowest BCUT2D eigenvalue weighted by atomic mass is 10.1. The van der Waals surface area contributed by atoms with E-state index in [-0.39, 0.29) is 17.9 Å². The van der Waals surface area contributed by atoms with Gasteiger partial charge in [-0.15, -0.1) is 0 Å². The molecule has 5 heteroatoms. The number of benzene rings is 2. The van der Waals surface area contributed by atoms with E-state index in [4.69, 9.17) is 4.74 Å². The number of amides is 2. The van der Waals surface area contributed by atoms with Crippen LogP contribution in [0.25, 0.3) is 0 Å². The highest BCUT2D eigenvalue weighted by molar-refractivity contribution is 5.96. The molecule has 1 unspecified atom stereocenters. The van der Waals surface area contributed by atoms with Gasteiger partial charge in [-0.2, -0.15) is 0 Å². The number of rotatable bonds is 7. The number of hydrogen-bond acceptors (Lipinski definition) is 3. The van der Waals surface area contributed by atoms with Crippen molar-refractivity contribution >= 4 is 17.5 Å². The van der Waals surface area contributed by atoms with E-state index in [2.05, 4.69) is 5.32 Å². The molecule has 0 bridgehead atoms. The number of anilines is 1. The summed E-state index contributed by atoms with van der Waals surface area (Å²) < 4.78 is 5.43. The van der Waals surface area contributed by atoms with Crippen molar-refractivity contribution in [2.75, 3.05) is 18.1 Å². The predicted octanol–water partition coefficient (Wildman–Crippen LogP) is 2.94. The van der Waals surface area contributed by atoms with Gasteiger partial charge in [-0.25, -0.2) is 0 Å². The molecule has 1 fully saturated rings. The average molecular weight is 352 g/mol. The zero-order valence-electron chi connectivity index (χ0n) is 15.0. The van der Waals surface area contributed by atoms with E-state index >= 15 is 0 Å². The maximum atomic E-state index is 12.3. The van der Waals surface area contributed by atoms with Gasteiger partial charge in [-0.3, -0.25) is 9.59 Å². The van der Waals surface area contributed by atoms with E-state index in [0.717, 1.165) is 17.0 Å². The van der Waals surface area contributed by atoms with Gasteiger partial charge in [0.2, 0.25) is 11.8 Å². The Balaban J connectivity index is 1.51. The fourth-order valence-corrected chi connectivity index (χ4v) is 3.15. The molecule has 1 aliphatic heterocycles. The van der Waals surface area contributed by atoms with Gasteiger partial charge in [-0.1, -0.05) is 30.3 Å². The van der Waals surface area contributed by atoms with Crippen LogP contribution >= 0.6 is 0 Å². The molecule has 2 aromatic carbocycles. The summed E-state index contributed by atoms with van der Waals surface area (Å²) in [4.78, 5) is 26.2. The number of hydrogen-bond donors (Lipinski definition) is 1. The molecule has 0 radical (unpaired) electrons. The first-order chi connectivity index (χ1) is 12.7. The monoisotopic (exact) mass is 352 g/mol. The van der Waals surface area contributed by atoms with Crippen LogP contribution in [0, 0.1) is 0 Å². The number of aryl methyl sites for hydroxylation is 1. The lowest BCUT2D eigenvalue weighted by molar-refractivity contribution is -0.121. The third-order valence-corrected chi connectivity index (χ3v) is 4.43. The lowest BCUT2D eigenvalue weighted by Crippen LogP contribution is -2.37. The molecule has 0 saturated carbocycles. The molecule has 0 aliphatic carbocycles. The SMILES string of the molecule is CCOc1ccc(N2CC(NC(=O)CCc3ccccc3)CC2=O)cc1. The maximum Gasteiger partial charge on any atom is 0.229 e. The molecular weight excluding hydrogens is 328 g/mol. The largest absolute Gasteiger partial charge is 0.494 e. The van der Waals surface area contributed by atoms with Crippen LogP contribution in [0.1, 0.15) is 25.3 Å². The highest BCUT2D eigenvalue weighted by Gasteiger charge is 2.31. The molecule has 3 rings (SSSR count). The number of nitrogens with one attached hydrogen (secondary N) is 1. The van der Waals surface area contributed by atoms with Crippen molar-refractivity contribution in [3.8, 4) is 5.75 Å². The van der Waals surface area contributed by atoms with Gasteiger partial charge >= 0.3 is 0 Å². The normalized spacial score (nSPS) is 16.6. The van der Waals surface area contributed by atoms with Crippen LogP contribution < -0.4 is 15.0 Å². The Labute approximate surface area is 154 Å². The summed E-state index contributed by atoms with van der Waals surface area (Å²) in [6.07, 6.45) is 1.47. The summed E-state index contributed by atoms with van der Waals surface area (Å²) in [7, 11) is 0. The standard InChI is InChI=1S/C21H24N2O3/c1-2-26-19-11-9-18(10-12-19)23-15-17(14-21(23)25)22-20(24)13-8-16-6-4-3-5-7-16/h3-7,9-12,17H,2,8,13-15H2,1H3,(H,22,24). The van der Waals surface area contributed by atoms with Crippen molar-refractivity contribution in [1.29, 1.82) is 0 Å².